The van der Waals surface area contributed by atoms with Crippen molar-refractivity contribution in [3.05, 3.63) is 72.8 Å². The van der Waals surface area contributed by atoms with Crippen LogP contribution < -0.4 is 15.4 Å². The molecule has 0 radical (unpaired) electrons. The topological polar surface area (TPSA) is 160 Å². The normalized spacial score (nSPS) is 25.4. The van der Waals surface area contributed by atoms with E-state index in [0.29, 0.717) is 12.8 Å². The molecule has 0 unspecified atom stereocenters. The Labute approximate surface area is 294 Å². The minimum atomic E-state index is -3.89. The summed E-state index contributed by atoms with van der Waals surface area (Å²) in [5, 5.41) is 4.87. The molecule has 5 rings (SSSR count). The third-order valence-corrected chi connectivity index (χ3v) is 11.5. The largest absolute Gasteiger partial charge is 0.444 e. The smallest absolute Gasteiger partial charge is 0.408 e. The molecule has 3 N–H and O–H groups in total. The van der Waals surface area contributed by atoms with Crippen LogP contribution in [-0.4, -0.2) is 79.3 Å². The number of benzene rings is 2. The lowest BCUT2D eigenvalue weighted by molar-refractivity contribution is -0.142. The SMILES string of the molecule is C=C[C@@H]1C[C@]1(NC(=O)[C@@H]1C[C@@](OC)(c2ccc(-c3ccccc3)cc2)CN1C(=O)[C@@H](NC(=O)OC(C)(C)C)C(C)C)C(=O)NS(=O)(=O)C1CC1. The second-order valence-electron chi connectivity index (χ2n) is 14.9. The average molecular weight is 709 g/mol. The van der Waals surface area contributed by atoms with Gasteiger partial charge >= 0.3 is 6.09 Å². The van der Waals surface area contributed by atoms with Crippen molar-refractivity contribution in [2.45, 2.75) is 94.4 Å². The van der Waals surface area contributed by atoms with Crippen molar-refractivity contribution in [3.8, 4) is 11.1 Å². The summed E-state index contributed by atoms with van der Waals surface area (Å²) in [5.74, 6) is -2.92. The minimum Gasteiger partial charge on any atom is -0.444 e. The summed E-state index contributed by atoms with van der Waals surface area (Å²) in [6.45, 7) is 12.4. The standard InChI is InChI=1S/C37H48N4O8S/c1-8-26-20-37(26,33(44)40-50(46,47)28-18-19-28)39-31(42)29-21-36(48-7,27-16-14-25(15-17-27)24-12-10-9-11-13-24)22-41(29)32(43)30(23(2)3)38-34(45)49-35(4,5)6/h8-17,23,26,28-30H,1,18-22H2,2-7H3,(H,38,45)(H,39,42)(H,40,44)/t26-,29+,30+,36+,37-/m1/s1. The van der Waals surface area contributed by atoms with Gasteiger partial charge in [0.05, 0.1) is 11.8 Å². The number of rotatable bonds is 12. The Morgan fingerprint density at radius 2 is 1.60 bits per heavy atom. The summed E-state index contributed by atoms with van der Waals surface area (Å²) in [6.07, 6.45) is 1.84. The third kappa shape index (κ3) is 7.73. The van der Waals surface area contributed by atoms with E-state index in [1.54, 1.807) is 34.6 Å². The lowest BCUT2D eigenvalue weighted by Gasteiger charge is -2.32. The molecular formula is C37H48N4O8S. The molecule has 0 bridgehead atoms. The van der Waals surface area contributed by atoms with Crippen LogP contribution in [0, 0.1) is 11.8 Å². The highest BCUT2D eigenvalue weighted by molar-refractivity contribution is 7.91. The highest BCUT2D eigenvalue weighted by atomic mass is 32.2. The van der Waals surface area contributed by atoms with Crippen LogP contribution >= 0.6 is 0 Å². The molecule has 4 amide bonds. The van der Waals surface area contributed by atoms with Gasteiger partial charge in [0.15, 0.2) is 0 Å². The highest BCUT2D eigenvalue weighted by Crippen LogP contribution is 2.46. The van der Waals surface area contributed by atoms with Crippen molar-refractivity contribution < 1.29 is 37.1 Å². The molecule has 1 aliphatic heterocycles. The quantitative estimate of drug-likeness (QED) is 0.279. The Balaban J connectivity index is 1.47. The first kappa shape index (κ1) is 37.0. The van der Waals surface area contributed by atoms with E-state index in [1.165, 1.54) is 18.1 Å². The number of sulfonamides is 1. The molecule has 1 heterocycles. The Bertz CT molecular complexity index is 1740. The van der Waals surface area contributed by atoms with Gasteiger partial charge in [0.2, 0.25) is 21.8 Å². The van der Waals surface area contributed by atoms with Crippen LogP contribution in [0.2, 0.25) is 0 Å². The van der Waals surface area contributed by atoms with E-state index in [-0.39, 0.29) is 25.3 Å². The van der Waals surface area contributed by atoms with E-state index in [0.717, 1.165) is 16.7 Å². The molecule has 270 valence electrons. The van der Waals surface area contributed by atoms with E-state index in [4.69, 9.17) is 9.47 Å². The van der Waals surface area contributed by atoms with Crippen LogP contribution in [0.4, 0.5) is 4.79 Å². The fraction of sp³-hybridized carbons (Fsp3) is 0.514. The maximum absolute atomic E-state index is 14.4. The molecule has 1 saturated heterocycles. The fourth-order valence-corrected chi connectivity index (χ4v) is 7.92. The number of carbonyl (C=O) groups excluding carboxylic acids is 4. The molecule has 2 aliphatic carbocycles. The summed E-state index contributed by atoms with van der Waals surface area (Å²) in [4.78, 5) is 56.5. The van der Waals surface area contributed by atoms with Gasteiger partial charge in [-0.25, -0.2) is 13.2 Å². The van der Waals surface area contributed by atoms with E-state index in [9.17, 15) is 27.6 Å². The van der Waals surface area contributed by atoms with E-state index >= 15 is 0 Å². The predicted molar refractivity (Wildman–Crippen MR) is 188 cm³/mol. The number of amides is 4. The zero-order valence-corrected chi connectivity index (χ0v) is 30.3. The van der Waals surface area contributed by atoms with Crippen molar-refractivity contribution in [1.29, 1.82) is 0 Å². The number of hydrogen-bond acceptors (Lipinski definition) is 8. The Morgan fingerprint density at radius 1 is 0.980 bits per heavy atom. The molecule has 50 heavy (non-hydrogen) atoms. The van der Waals surface area contributed by atoms with Gasteiger partial charge in [-0.3, -0.25) is 19.1 Å². The zero-order valence-electron chi connectivity index (χ0n) is 29.5. The summed E-state index contributed by atoms with van der Waals surface area (Å²) in [5.41, 5.74) is -0.764. The van der Waals surface area contributed by atoms with Gasteiger partial charge in [-0.15, -0.1) is 6.58 Å². The summed E-state index contributed by atoms with van der Waals surface area (Å²) >= 11 is 0. The van der Waals surface area contributed by atoms with Crippen molar-refractivity contribution in [1.82, 2.24) is 20.3 Å². The molecule has 3 fully saturated rings. The Kier molecular flexibility index (Phi) is 10.2. The van der Waals surface area contributed by atoms with Crippen LogP contribution in [0.25, 0.3) is 11.1 Å². The molecule has 2 aromatic rings. The van der Waals surface area contributed by atoms with Gasteiger partial charge in [-0.2, -0.15) is 0 Å². The van der Waals surface area contributed by atoms with Gasteiger partial charge < -0.3 is 25.0 Å². The Morgan fingerprint density at radius 3 is 2.12 bits per heavy atom. The summed E-state index contributed by atoms with van der Waals surface area (Å²) < 4.78 is 39.1. The molecule has 0 spiro atoms. The number of hydrogen-bond donors (Lipinski definition) is 3. The lowest BCUT2D eigenvalue weighted by Crippen LogP contribution is -2.59. The molecular weight excluding hydrogens is 660 g/mol. The molecule has 2 saturated carbocycles. The number of carbonyl (C=O) groups is 4. The molecule has 2 aromatic carbocycles. The monoisotopic (exact) mass is 708 g/mol. The van der Waals surface area contributed by atoms with E-state index < -0.39 is 73.8 Å². The molecule has 3 aliphatic rings. The average Bonchev–Trinajstić information content (AvgIpc) is 3.99. The number of likely N-dealkylation sites (tertiary alicyclic amines) is 1. The molecule has 0 aromatic heterocycles. The van der Waals surface area contributed by atoms with Gasteiger partial charge in [0.1, 0.15) is 28.8 Å². The second kappa shape index (κ2) is 13.8. The molecule has 5 atom stereocenters. The zero-order chi connectivity index (χ0) is 36.6. The van der Waals surface area contributed by atoms with Gasteiger partial charge in [-0.1, -0.05) is 74.5 Å². The minimum absolute atomic E-state index is 0.0276. The van der Waals surface area contributed by atoms with Crippen LogP contribution in [0.5, 0.6) is 0 Å². The first-order valence-corrected chi connectivity index (χ1v) is 18.5. The summed E-state index contributed by atoms with van der Waals surface area (Å²) in [7, 11) is -2.38. The maximum atomic E-state index is 14.4. The predicted octanol–water partition coefficient (Wildman–Crippen LogP) is 4.01. The van der Waals surface area contributed by atoms with Crippen molar-refractivity contribution in [2.75, 3.05) is 13.7 Å². The van der Waals surface area contributed by atoms with Crippen molar-refractivity contribution in [2.24, 2.45) is 11.8 Å². The van der Waals surface area contributed by atoms with Crippen LogP contribution in [0.1, 0.15) is 65.9 Å². The van der Waals surface area contributed by atoms with Crippen LogP contribution in [0.3, 0.4) is 0 Å². The first-order chi connectivity index (χ1) is 23.4. The maximum Gasteiger partial charge on any atom is 0.408 e. The van der Waals surface area contributed by atoms with Gasteiger partial charge in [-0.05, 0) is 62.6 Å². The van der Waals surface area contributed by atoms with E-state index in [1.807, 2.05) is 54.6 Å². The van der Waals surface area contributed by atoms with Crippen LogP contribution in [0.15, 0.2) is 67.3 Å². The third-order valence-electron chi connectivity index (χ3n) is 9.67. The number of ether oxygens (including phenoxy) is 2. The number of nitrogens with zero attached hydrogens (tertiary/aromatic N) is 1. The van der Waals surface area contributed by atoms with Crippen molar-refractivity contribution in [3.63, 3.8) is 0 Å². The van der Waals surface area contributed by atoms with E-state index in [2.05, 4.69) is 21.9 Å². The van der Waals surface area contributed by atoms with Gasteiger partial charge in [0.25, 0.3) is 5.91 Å². The fourth-order valence-electron chi connectivity index (χ4n) is 6.56. The number of nitrogens with one attached hydrogen (secondary N) is 3. The second-order valence-corrected chi connectivity index (χ2v) is 16.8. The number of alkyl carbamates (subject to hydrolysis) is 1. The lowest BCUT2D eigenvalue weighted by atomic mass is 9.89. The highest BCUT2D eigenvalue weighted by Gasteiger charge is 2.62. The molecule has 12 nitrogen and oxygen atoms in total. The molecule has 13 heteroatoms. The van der Waals surface area contributed by atoms with Crippen molar-refractivity contribution >= 4 is 33.8 Å². The Hall–Kier alpha value is -4.23. The first-order valence-electron chi connectivity index (χ1n) is 17.0. The van der Waals surface area contributed by atoms with Crippen LogP contribution in [-0.2, 0) is 39.5 Å². The number of methoxy groups -OCH3 is 1. The summed E-state index contributed by atoms with van der Waals surface area (Å²) in [6, 6.07) is 15.3. The van der Waals surface area contributed by atoms with Gasteiger partial charge in [0, 0.05) is 19.4 Å².